The van der Waals surface area contributed by atoms with Crippen molar-refractivity contribution in [3.8, 4) is 17.7 Å². The molecule has 1 saturated carbocycles. The number of nitrogens with one attached hydrogen (secondary N) is 1. The topological polar surface area (TPSA) is 96.7 Å². The summed E-state index contributed by atoms with van der Waals surface area (Å²) in [6.07, 6.45) is 3.56. The molecule has 1 atom stereocenters. The molecule has 2 aromatic rings. The highest BCUT2D eigenvalue weighted by molar-refractivity contribution is 7.99. The number of rotatable bonds is 6. The fourth-order valence-electron chi connectivity index (χ4n) is 2.40. The van der Waals surface area contributed by atoms with Crippen LogP contribution in [0.3, 0.4) is 0 Å². The van der Waals surface area contributed by atoms with Gasteiger partial charge in [0.1, 0.15) is 5.54 Å². The van der Waals surface area contributed by atoms with E-state index in [0.717, 1.165) is 12.8 Å². The number of thioether (sulfide) groups is 1. The molecular formula is C15H17N5O2S. The summed E-state index contributed by atoms with van der Waals surface area (Å²) in [5.74, 6) is 1.52. The molecule has 2 aromatic heterocycles. The van der Waals surface area contributed by atoms with Crippen molar-refractivity contribution in [1.82, 2.24) is 20.1 Å². The molecule has 23 heavy (non-hydrogen) atoms. The van der Waals surface area contributed by atoms with Crippen LogP contribution in [0.2, 0.25) is 0 Å². The summed E-state index contributed by atoms with van der Waals surface area (Å²) in [5, 5.41) is 20.9. The van der Waals surface area contributed by atoms with Gasteiger partial charge >= 0.3 is 0 Å². The van der Waals surface area contributed by atoms with Crippen LogP contribution < -0.4 is 5.32 Å². The monoisotopic (exact) mass is 331 g/mol. The first kappa shape index (κ1) is 15.6. The highest BCUT2D eigenvalue weighted by atomic mass is 32.2. The number of hydrogen-bond acceptors (Lipinski definition) is 6. The molecule has 0 radical (unpaired) electrons. The average Bonchev–Trinajstić information content (AvgIpc) is 3.15. The van der Waals surface area contributed by atoms with Gasteiger partial charge in [0, 0.05) is 7.05 Å². The van der Waals surface area contributed by atoms with Crippen molar-refractivity contribution >= 4 is 17.7 Å². The first-order valence-corrected chi connectivity index (χ1v) is 8.30. The third kappa shape index (κ3) is 3.24. The van der Waals surface area contributed by atoms with E-state index in [-0.39, 0.29) is 17.6 Å². The minimum atomic E-state index is -0.767. The van der Waals surface area contributed by atoms with Gasteiger partial charge in [-0.15, -0.1) is 10.2 Å². The van der Waals surface area contributed by atoms with Gasteiger partial charge in [-0.3, -0.25) is 4.79 Å². The van der Waals surface area contributed by atoms with Gasteiger partial charge < -0.3 is 14.3 Å². The fraction of sp³-hybridized carbons (Fsp3) is 0.467. The summed E-state index contributed by atoms with van der Waals surface area (Å²) in [5.41, 5.74) is -0.767. The van der Waals surface area contributed by atoms with Gasteiger partial charge in [-0.05, 0) is 37.8 Å². The second-order valence-corrected chi connectivity index (χ2v) is 6.71. The van der Waals surface area contributed by atoms with Gasteiger partial charge in [0.2, 0.25) is 5.91 Å². The fourth-order valence-corrected chi connectivity index (χ4v) is 3.11. The van der Waals surface area contributed by atoms with Crippen LogP contribution in [0, 0.1) is 17.2 Å². The van der Waals surface area contributed by atoms with Crippen molar-refractivity contribution in [1.29, 1.82) is 5.26 Å². The van der Waals surface area contributed by atoms with Crippen molar-refractivity contribution < 1.29 is 9.21 Å². The molecule has 8 heteroatoms. The smallest absolute Gasteiger partial charge is 0.231 e. The first-order valence-electron chi connectivity index (χ1n) is 7.32. The largest absolute Gasteiger partial charge is 0.461 e. The molecule has 7 nitrogen and oxygen atoms in total. The minimum absolute atomic E-state index is 0.173. The Labute approximate surface area is 138 Å². The normalized spacial score (nSPS) is 16.6. The zero-order chi connectivity index (χ0) is 16.4. The van der Waals surface area contributed by atoms with E-state index in [2.05, 4.69) is 21.6 Å². The molecule has 0 bridgehead atoms. The minimum Gasteiger partial charge on any atom is -0.461 e. The van der Waals surface area contributed by atoms with E-state index in [0.29, 0.717) is 16.7 Å². The number of aromatic nitrogens is 3. The number of nitriles is 1. The van der Waals surface area contributed by atoms with Crippen LogP contribution in [0.5, 0.6) is 0 Å². The summed E-state index contributed by atoms with van der Waals surface area (Å²) >= 11 is 1.28. The lowest BCUT2D eigenvalue weighted by Crippen LogP contribution is -2.47. The predicted octanol–water partition coefficient (Wildman–Crippen LogP) is 1.98. The molecule has 2 heterocycles. The molecule has 0 spiro atoms. The first-order chi connectivity index (χ1) is 11.0. The number of hydrogen-bond donors (Lipinski definition) is 1. The van der Waals surface area contributed by atoms with E-state index in [4.69, 9.17) is 4.42 Å². The SMILES string of the molecule is Cn1c(SCC(=O)NC(C)(C#N)C2CC2)nnc1-c1ccco1. The maximum atomic E-state index is 12.1. The van der Waals surface area contributed by atoms with Crippen LogP contribution in [-0.4, -0.2) is 32.0 Å². The van der Waals surface area contributed by atoms with E-state index in [1.807, 2.05) is 7.05 Å². The molecule has 1 unspecified atom stereocenters. The Bertz CT molecular complexity index is 745. The van der Waals surface area contributed by atoms with Gasteiger partial charge in [-0.25, -0.2) is 0 Å². The lowest BCUT2D eigenvalue weighted by molar-refractivity contribution is -0.119. The molecule has 1 aliphatic carbocycles. The molecule has 1 N–H and O–H groups in total. The second-order valence-electron chi connectivity index (χ2n) is 5.77. The van der Waals surface area contributed by atoms with Crippen LogP contribution >= 0.6 is 11.8 Å². The van der Waals surface area contributed by atoms with Crippen molar-refractivity contribution in [3.05, 3.63) is 18.4 Å². The van der Waals surface area contributed by atoms with Crippen LogP contribution in [0.1, 0.15) is 19.8 Å². The van der Waals surface area contributed by atoms with Gasteiger partial charge in [0.05, 0.1) is 18.1 Å². The summed E-state index contributed by atoms with van der Waals surface area (Å²) in [6, 6.07) is 5.80. The zero-order valence-electron chi connectivity index (χ0n) is 12.9. The maximum Gasteiger partial charge on any atom is 0.231 e. The summed E-state index contributed by atoms with van der Waals surface area (Å²) in [4.78, 5) is 12.1. The number of carbonyl (C=O) groups is 1. The lowest BCUT2D eigenvalue weighted by atomic mass is 9.98. The number of carbonyl (C=O) groups excluding carboxylic acids is 1. The van der Waals surface area contributed by atoms with Gasteiger partial charge in [-0.2, -0.15) is 5.26 Å². The third-order valence-corrected chi connectivity index (χ3v) is 4.95. The molecule has 0 aliphatic heterocycles. The summed E-state index contributed by atoms with van der Waals surface area (Å²) in [7, 11) is 1.82. The maximum absolute atomic E-state index is 12.1. The van der Waals surface area contributed by atoms with E-state index in [9.17, 15) is 10.1 Å². The molecule has 3 rings (SSSR count). The van der Waals surface area contributed by atoms with Gasteiger partial charge in [0.15, 0.2) is 16.7 Å². The van der Waals surface area contributed by atoms with E-state index in [1.54, 1.807) is 29.9 Å². The second kappa shape index (κ2) is 6.08. The number of amides is 1. The van der Waals surface area contributed by atoms with Crippen LogP contribution in [0.4, 0.5) is 0 Å². The van der Waals surface area contributed by atoms with Crippen molar-refractivity contribution in [2.45, 2.75) is 30.5 Å². The van der Waals surface area contributed by atoms with E-state index in [1.165, 1.54) is 11.8 Å². The lowest BCUT2D eigenvalue weighted by Gasteiger charge is -2.22. The van der Waals surface area contributed by atoms with Gasteiger partial charge in [-0.1, -0.05) is 11.8 Å². The predicted molar refractivity (Wildman–Crippen MR) is 84.3 cm³/mol. The van der Waals surface area contributed by atoms with Gasteiger partial charge in [0.25, 0.3) is 0 Å². The Morgan fingerprint density at radius 3 is 3.00 bits per heavy atom. The van der Waals surface area contributed by atoms with Crippen LogP contribution in [0.25, 0.3) is 11.6 Å². The summed E-state index contributed by atoms with van der Waals surface area (Å²) in [6.45, 7) is 1.78. The molecular weight excluding hydrogens is 314 g/mol. The highest BCUT2D eigenvalue weighted by Crippen LogP contribution is 2.39. The standard InChI is InChI=1S/C15H17N5O2S/c1-15(9-16,10-5-6-10)17-12(21)8-23-14-19-18-13(20(14)2)11-4-3-7-22-11/h3-4,7,10H,5-6,8H2,1-2H3,(H,17,21). The van der Waals surface area contributed by atoms with E-state index >= 15 is 0 Å². The van der Waals surface area contributed by atoms with Crippen LogP contribution in [-0.2, 0) is 11.8 Å². The Kier molecular flexibility index (Phi) is 4.13. The Balaban J connectivity index is 1.61. The quantitative estimate of drug-likeness (QED) is 0.813. The Hall–Kier alpha value is -2.27. The molecule has 120 valence electrons. The molecule has 1 amide bonds. The molecule has 1 fully saturated rings. The zero-order valence-corrected chi connectivity index (χ0v) is 13.8. The molecule has 0 aromatic carbocycles. The number of nitrogens with zero attached hydrogens (tertiary/aromatic N) is 4. The molecule has 1 aliphatic rings. The van der Waals surface area contributed by atoms with E-state index < -0.39 is 5.54 Å². The van der Waals surface area contributed by atoms with Crippen molar-refractivity contribution in [2.24, 2.45) is 13.0 Å². The highest BCUT2D eigenvalue weighted by Gasteiger charge is 2.42. The third-order valence-electron chi connectivity index (χ3n) is 3.93. The number of furan rings is 1. The average molecular weight is 331 g/mol. The Morgan fingerprint density at radius 1 is 1.61 bits per heavy atom. The molecule has 0 saturated heterocycles. The Morgan fingerprint density at radius 2 is 2.39 bits per heavy atom. The van der Waals surface area contributed by atoms with Crippen molar-refractivity contribution in [3.63, 3.8) is 0 Å². The van der Waals surface area contributed by atoms with Crippen molar-refractivity contribution in [2.75, 3.05) is 5.75 Å². The summed E-state index contributed by atoms with van der Waals surface area (Å²) < 4.78 is 7.08. The van der Waals surface area contributed by atoms with Crippen LogP contribution in [0.15, 0.2) is 28.0 Å².